The Bertz CT molecular complexity index is 377. The van der Waals surface area contributed by atoms with Crippen molar-refractivity contribution in [3.8, 4) is 0 Å². The Morgan fingerprint density at radius 3 is 2.47 bits per heavy atom. The predicted molar refractivity (Wildman–Crippen MR) is 65.9 cm³/mol. The van der Waals surface area contributed by atoms with Gasteiger partial charge in [0.25, 0.3) is 0 Å². The quantitative estimate of drug-likeness (QED) is 0.801. The van der Waals surface area contributed by atoms with Crippen molar-refractivity contribution in [1.29, 1.82) is 0 Å². The van der Waals surface area contributed by atoms with E-state index in [4.69, 9.17) is 4.84 Å². The van der Waals surface area contributed by atoms with E-state index in [1.54, 1.807) is 0 Å². The Balaban J connectivity index is 2.09. The van der Waals surface area contributed by atoms with Gasteiger partial charge in [0, 0.05) is 0 Å². The summed E-state index contributed by atoms with van der Waals surface area (Å²) >= 11 is 0. The summed E-state index contributed by atoms with van der Waals surface area (Å²) in [5.41, 5.74) is 1.18. The Labute approximate surface area is 102 Å². The molecule has 2 atom stereocenters. The summed E-state index contributed by atoms with van der Waals surface area (Å²) in [5.74, 6) is -0.0426. The fourth-order valence-corrected chi connectivity index (χ4v) is 2.45. The number of benzene rings is 1. The van der Waals surface area contributed by atoms with Crippen LogP contribution in [0.25, 0.3) is 0 Å². The van der Waals surface area contributed by atoms with Gasteiger partial charge in [0.2, 0.25) is 0 Å². The third-order valence-electron chi connectivity index (χ3n) is 3.38. The number of hydrogen-bond donors (Lipinski definition) is 0. The highest BCUT2D eigenvalue weighted by atomic mass is 16.7. The average molecular weight is 233 g/mol. The smallest absolute Gasteiger partial charge is 0.329 e. The van der Waals surface area contributed by atoms with Crippen molar-refractivity contribution in [2.45, 2.75) is 39.3 Å². The van der Waals surface area contributed by atoms with Crippen molar-refractivity contribution in [3.05, 3.63) is 35.9 Å². The minimum atomic E-state index is -0.0738. The first-order chi connectivity index (χ1) is 8.26. The lowest BCUT2D eigenvalue weighted by Crippen LogP contribution is -2.30. The third kappa shape index (κ3) is 2.50. The summed E-state index contributed by atoms with van der Waals surface area (Å²) in [6.07, 6.45) is 1.79. The standard InChI is InChI=1S/C14H19NO2/c1-3-12-13(4-2)15(17-14(12)16)10-11-8-6-5-7-9-11/h5-9,12-13H,3-4,10H2,1-2H3/t12-,13-/m0/s1. The van der Waals surface area contributed by atoms with E-state index in [-0.39, 0.29) is 17.9 Å². The molecular weight excluding hydrogens is 214 g/mol. The highest BCUT2D eigenvalue weighted by Gasteiger charge is 2.40. The molecule has 1 saturated heterocycles. The molecule has 0 saturated carbocycles. The van der Waals surface area contributed by atoms with Crippen LogP contribution in [-0.2, 0) is 16.2 Å². The zero-order valence-electron chi connectivity index (χ0n) is 10.4. The molecule has 0 bridgehead atoms. The fraction of sp³-hybridized carbons (Fsp3) is 0.500. The van der Waals surface area contributed by atoms with E-state index in [0.717, 1.165) is 12.8 Å². The summed E-state index contributed by atoms with van der Waals surface area (Å²) in [7, 11) is 0. The summed E-state index contributed by atoms with van der Waals surface area (Å²) in [6, 6.07) is 10.3. The molecule has 0 aliphatic carbocycles. The molecule has 2 rings (SSSR count). The van der Waals surface area contributed by atoms with Gasteiger partial charge in [-0.05, 0) is 18.4 Å². The van der Waals surface area contributed by atoms with Gasteiger partial charge in [0.1, 0.15) is 0 Å². The lowest BCUT2D eigenvalue weighted by atomic mass is 9.96. The van der Waals surface area contributed by atoms with E-state index in [1.807, 2.05) is 30.2 Å². The van der Waals surface area contributed by atoms with Gasteiger partial charge in [-0.1, -0.05) is 44.2 Å². The summed E-state index contributed by atoms with van der Waals surface area (Å²) in [6.45, 7) is 4.83. The topological polar surface area (TPSA) is 29.5 Å². The molecule has 3 heteroatoms. The maximum Gasteiger partial charge on any atom is 0.329 e. The average Bonchev–Trinajstić information content (AvgIpc) is 2.65. The van der Waals surface area contributed by atoms with Crippen LogP contribution in [0.4, 0.5) is 0 Å². The Morgan fingerprint density at radius 2 is 1.88 bits per heavy atom. The second-order valence-electron chi connectivity index (χ2n) is 4.46. The van der Waals surface area contributed by atoms with Crippen LogP contribution in [-0.4, -0.2) is 17.1 Å². The van der Waals surface area contributed by atoms with E-state index in [9.17, 15) is 4.79 Å². The van der Waals surface area contributed by atoms with E-state index in [0.29, 0.717) is 6.54 Å². The monoisotopic (exact) mass is 233 g/mol. The van der Waals surface area contributed by atoms with Crippen LogP contribution in [0.3, 0.4) is 0 Å². The van der Waals surface area contributed by atoms with Crippen molar-refractivity contribution in [3.63, 3.8) is 0 Å². The van der Waals surface area contributed by atoms with E-state index < -0.39 is 0 Å². The zero-order chi connectivity index (χ0) is 12.3. The van der Waals surface area contributed by atoms with Crippen molar-refractivity contribution in [2.24, 2.45) is 5.92 Å². The Kier molecular flexibility index (Phi) is 3.79. The van der Waals surface area contributed by atoms with Crippen LogP contribution in [0, 0.1) is 5.92 Å². The molecule has 1 aromatic rings. The number of carbonyl (C=O) groups excluding carboxylic acids is 1. The van der Waals surface area contributed by atoms with Gasteiger partial charge in [-0.2, -0.15) is 0 Å². The first-order valence-corrected chi connectivity index (χ1v) is 6.28. The second kappa shape index (κ2) is 5.32. The normalized spacial score (nSPS) is 24.9. The molecule has 17 heavy (non-hydrogen) atoms. The van der Waals surface area contributed by atoms with Gasteiger partial charge in [0.15, 0.2) is 0 Å². The molecule has 1 aromatic carbocycles. The molecule has 1 aliphatic heterocycles. The first-order valence-electron chi connectivity index (χ1n) is 6.28. The maximum absolute atomic E-state index is 11.7. The third-order valence-corrected chi connectivity index (χ3v) is 3.38. The molecule has 0 unspecified atom stereocenters. The largest absolute Gasteiger partial charge is 0.367 e. The highest BCUT2D eigenvalue weighted by Crippen LogP contribution is 2.29. The summed E-state index contributed by atoms with van der Waals surface area (Å²) < 4.78 is 0. The van der Waals surface area contributed by atoms with Crippen molar-refractivity contribution >= 4 is 5.97 Å². The predicted octanol–water partition coefficient (Wildman–Crippen LogP) is 2.77. The zero-order valence-corrected chi connectivity index (χ0v) is 10.4. The van der Waals surface area contributed by atoms with Crippen molar-refractivity contribution < 1.29 is 9.63 Å². The minimum Gasteiger partial charge on any atom is -0.367 e. The van der Waals surface area contributed by atoms with Crippen LogP contribution in [0.5, 0.6) is 0 Å². The number of nitrogens with zero attached hydrogens (tertiary/aromatic N) is 1. The SMILES string of the molecule is CC[C@@H]1C(=O)ON(Cc2ccccc2)[C@H]1CC. The second-order valence-corrected chi connectivity index (χ2v) is 4.46. The van der Waals surface area contributed by atoms with Gasteiger partial charge in [-0.3, -0.25) is 0 Å². The maximum atomic E-state index is 11.7. The lowest BCUT2D eigenvalue weighted by Gasteiger charge is -2.21. The van der Waals surface area contributed by atoms with Crippen LogP contribution in [0.2, 0.25) is 0 Å². The molecule has 1 aliphatic rings. The molecular formula is C14H19NO2. The van der Waals surface area contributed by atoms with E-state index >= 15 is 0 Å². The van der Waals surface area contributed by atoms with Gasteiger partial charge < -0.3 is 4.84 Å². The minimum absolute atomic E-state index is 0.0312. The summed E-state index contributed by atoms with van der Waals surface area (Å²) in [5, 5.41) is 1.84. The van der Waals surface area contributed by atoms with Gasteiger partial charge in [0.05, 0.1) is 18.5 Å². The Morgan fingerprint density at radius 1 is 1.18 bits per heavy atom. The van der Waals surface area contributed by atoms with Crippen molar-refractivity contribution in [1.82, 2.24) is 5.06 Å². The number of rotatable bonds is 4. The van der Waals surface area contributed by atoms with Crippen LogP contribution in [0.15, 0.2) is 30.3 Å². The fourth-order valence-electron chi connectivity index (χ4n) is 2.45. The number of hydrogen-bond acceptors (Lipinski definition) is 3. The summed E-state index contributed by atoms with van der Waals surface area (Å²) in [4.78, 5) is 17.1. The molecule has 0 spiro atoms. The van der Waals surface area contributed by atoms with Crippen molar-refractivity contribution in [2.75, 3.05) is 0 Å². The van der Waals surface area contributed by atoms with Gasteiger partial charge in [-0.25, -0.2) is 4.79 Å². The highest BCUT2D eigenvalue weighted by molar-refractivity contribution is 5.74. The molecule has 0 radical (unpaired) electrons. The number of hydroxylamine groups is 2. The van der Waals surface area contributed by atoms with E-state index in [2.05, 4.69) is 19.1 Å². The van der Waals surface area contributed by atoms with Gasteiger partial charge >= 0.3 is 5.97 Å². The lowest BCUT2D eigenvalue weighted by molar-refractivity contribution is -0.178. The molecule has 3 nitrogen and oxygen atoms in total. The van der Waals surface area contributed by atoms with Crippen LogP contribution in [0.1, 0.15) is 32.3 Å². The first kappa shape index (κ1) is 12.1. The molecule has 1 heterocycles. The molecule has 1 fully saturated rings. The van der Waals surface area contributed by atoms with Gasteiger partial charge in [-0.15, -0.1) is 5.06 Å². The van der Waals surface area contributed by atoms with Crippen LogP contribution < -0.4 is 0 Å². The van der Waals surface area contributed by atoms with E-state index in [1.165, 1.54) is 5.56 Å². The molecule has 0 aromatic heterocycles. The van der Waals surface area contributed by atoms with Crippen LogP contribution >= 0.6 is 0 Å². The molecule has 0 N–H and O–H groups in total. The molecule has 0 amide bonds. The molecule has 92 valence electrons. The number of carbonyl (C=O) groups is 1. The Hall–Kier alpha value is -1.35.